The minimum Gasteiger partial charge on any atom is -0.508 e. The van der Waals surface area contributed by atoms with Crippen molar-refractivity contribution in [3.63, 3.8) is 0 Å². The second-order valence-electron chi connectivity index (χ2n) is 7.37. The summed E-state index contributed by atoms with van der Waals surface area (Å²) in [4.78, 5) is 28.3. The lowest BCUT2D eigenvalue weighted by Gasteiger charge is -2.21. The van der Waals surface area contributed by atoms with Gasteiger partial charge in [0.1, 0.15) is 17.9 Å². The van der Waals surface area contributed by atoms with Gasteiger partial charge in [0.2, 0.25) is 0 Å². The molecule has 0 aliphatic rings. The first kappa shape index (κ1) is 28.4. The molecule has 2 aromatic rings. The smallest absolute Gasteiger partial charge is 0.328 e. The molecule has 2 unspecified atom stereocenters. The summed E-state index contributed by atoms with van der Waals surface area (Å²) in [6.45, 7) is 9.55. The highest BCUT2D eigenvalue weighted by Crippen LogP contribution is 2.27. The van der Waals surface area contributed by atoms with Gasteiger partial charge in [-0.25, -0.2) is 9.78 Å². The van der Waals surface area contributed by atoms with Crippen LogP contribution in [-0.4, -0.2) is 59.0 Å². The van der Waals surface area contributed by atoms with Gasteiger partial charge in [-0.05, 0) is 32.4 Å². The van der Waals surface area contributed by atoms with E-state index >= 15 is 0 Å². The van der Waals surface area contributed by atoms with Crippen molar-refractivity contribution in [2.45, 2.75) is 51.9 Å². The van der Waals surface area contributed by atoms with Crippen molar-refractivity contribution in [2.75, 3.05) is 13.7 Å². The first-order valence-corrected chi connectivity index (χ1v) is 10.9. The van der Waals surface area contributed by atoms with Crippen LogP contribution in [0.25, 0.3) is 0 Å². The van der Waals surface area contributed by atoms with Crippen LogP contribution in [0.5, 0.6) is 17.2 Å². The van der Waals surface area contributed by atoms with Crippen molar-refractivity contribution < 1.29 is 34.0 Å². The number of nitrogens with one attached hydrogen (secondary N) is 1. The summed E-state index contributed by atoms with van der Waals surface area (Å²) < 4.78 is 15.9. The Morgan fingerprint density at radius 3 is 2.38 bits per heavy atom. The summed E-state index contributed by atoms with van der Waals surface area (Å²) in [5, 5.41) is 21.0. The molecule has 186 valence electrons. The lowest BCUT2D eigenvalue weighted by molar-refractivity contribution is -0.151. The van der Waals surface area contributed by atoms with Crippen LogP contribution in [-0.2, 0) is 14.3 Å². The number of carbonyl (C=O) groups excluding carboxylic acids is 2. The minimum atomic E-state index is -0.925. The predicted molar refractivity (Wildman–Crippen MR) is 128 cm³/mol. The van der Waals surface area contributed by atoms with E-state index in [0.717, 1.165) is 6.42 Å². The van der Waals surface area contributed by atoms with Crippen molar-refractivity contribution in [3.8, 4) is 17.2 Å². The fourth-order valence-corrected chi connectivity index (χ4v) is 2.70. The molecule has 9 nitrogen and oxygen atoms in total. The number of amides is 1. The summed E-state index contributed by atoms with van der Waals surface area (Å²) in [5.74, 6) is -1.27. The molecular weight excluding hydrogens is 440 g/mol. The lowest BCUT2D eigenvalue weighted by Crippen LogP contribution is -2.41. The summed E-state index contributed by atoms with van der Waals surface area (Å²) >= 11 is 0. The number of esters is 1. The van der Waals surface area contributed by atoms with Crippen molar-refractivity contribution in [1.29, 1.82) is 0 Å². The highest BCUT2D eigenvalue weighted by atomic mass is 16.5. The normalized spacial score (nSPS) is 12.8. The van der Waals surface area contributed by atoms with Crippen LogP contribution in [0.2, 0.25) is 0 Å². The van der Waals surface area contributed by atoms with Crippen molar-refractivity contribution in [2.24, 2.45) is 0 Å². The van der Waals surface area contributed by atoms with Crippen LogP contribution < -0.4 is 10.1 Å². The van der Waals surface area contributed by atoms with Crippen molar-refractivity contribution in [1.82, 2.24) is 10.3 Å². The van der Waals surface area contributed by atoms with Crippen LogP contribution >= 0.6 is 0 Å². The average Bonchev–Trinajstić information content (AvgIpc) is 2.82. The summed E-state index contributed by atoms with van der Waals surface area (Å²) in [6, 6.07) is 9.21. The van der Waals surface area contributed by atoms with Crippen LogP contribution in [0.4, 0.5) is 0 Å². The van der Waals surface area contributed by atoms with Gasteiger partial charge in [-0.15, -0.1) is 6.58 Å². The third kappa shape index (κ3) is 9.91. The Labute approximate surface area is 200 Å². The summed E-state index contributed by atoms with van der Waals surface area (Å²) in [5.41, 5.74) is -0.235. The van der Waals surface area contributed by atoms with Crippen LogP contribution in [0.15, 0.2) is 55.3 Å². The van der Waals surface area contributed by atoms with E-state index < -0.39 is 29.8 Å². The monoisotopic (exact) mass is 474 g/mol. The molecule has 1 amide bonds. The van der Waals surface area contributed by atoms with E-state index in [2.05, 4.69) is 16.9 Å². The van der Waals surface area contributed by atoms with Gasteiger partial charge in [-0.3, -0.25) is 4.79 Å². The van der Waals surface area contributed by atoms with Crippen LogP contribution in [0.1, 0.15) is 44.1 Å². The Morgan fingerprint density at radius 1 is 1.18 bits per heavy atom. The van der Waals surface area contributed by atoms with Gasteiger partial charge in [0.05, 0.1) is 13.2 Å². The standard InChI is InChI=1S/C19H28N2O6.C6H6O/c1-6-10-26-14(7-2)11-12(3)27-19(24)13(4)21-18(23)16-17(22)15(25-5)8-9-20-16;7-6-4-2-1-3-5-6/h7-9,12-14,22H,2,6,10-11H2,1,3-5H3,(H,21,23);1-5,7H/t12?,13-,14?;/m0./s1. The van der Waals surface area contributed by atoms with E-state index in [4.69, 9.17) is 19.3 Å². The molecule has 1 heterocycles. The maximum Gasteiger partial charge on any atom is 0.328 e. The topological polar surface area (TPSA) is 127 Å². The number of carbonyl (C=O) groups is 2. The molecule has 1 aromatic carbocycles. The zero-order valence-electron chi connectivity index (χ0n) is 20.1. The van der Waals surface area contributed by atoms with Gasteiger partial charge in [-0.2, -0.15) is 0 Å². The third-order valence-corrected chi connectivity index (χ3v) is 4.46. The highest BCUT2D eigenvalue weighted by molar-refractivity contribution is 5.97. The maximum atomic E-state index is 12.2. The Balaban J connectivity index is 0.000000700. The number of nitrogens with zero attached hydrogens (tertiary/aromatic N) is 1. The molecule has 0 spiro atoms. The van der Waals surface area contributed by atoms with Crippen LogP contribution in [0.3, 0.4) is 0 Å². The summed E-state index contributed by atoms with van der Waals surface area (Å²) in [7, 11) is 1.36. The molecule has 0 fully saturated rings. The molecule has 2 rings (SSSR count). The molecule has 0 saturated heterocycles. The fraction of sp³-hybridized carbons (Fsp3) is 0.400. The number of pyridine rings is 1. The number of para-hydroxylation sites is 1. The molecule has 1 aromatic heterocycles. The Morgan fingerprint density at radius 2 is 1.85 bits per heavy atom. The average molecular weight is 475 g/mol. The van der Waals surface area contributed by atoms with Crippen molar-refractivity contribution in [3.05, 3.63) is 60.9 Å². The Hall–Kier alpha value is -3.59. The van der Waals surface area contributed by atoms with Crippen molar-refractivity contribution >= 4 is 11.9 Å². The number of phenols is 1. The first-order chi connectivity index (χ1) is 16.2. The number of ether oxygens (including phenoxy) is 3. The second-order valence-corrected chi connectivity index (χ2v) is 7.37. The molecule has 34 heavy (non-hydrogen) atoms. The SMILES string of the molecule is C=CC(CC(C)OC(=O)[C@H](C)NC(=O)c1nccc(OC)c1O)OCCC.Oc1ccccc1. The maximum absolute atomic E-state index is 12.2. The van der Waals surface area contributed by atoms with E-state index in [-0.39, 0.29) is 17.5 Å². The Kier molecular flexibility index (Phi) is 12.8. The summed E-state index contributed by atoms with van der Waals surface area (Å²) in [6.07, 6.45) is 3.71. The molecule has 0 aliphatic heterocycles. The fourth-order valence-electron chi connectivity index (χ4n) is 2.70. The molecule has 3 N–H and O–H groups in total. The second kappa shape index (κ2) is 15.3. The van der Waals surface area contributed by atoms with Gasteiger partial charge < -0.3 is 29.7 Å². The third-order valence-electron chi connectivity index (χ3n) is 4.46. The Bertz CT molecular complexity index is 905. The predicted octanol–water partition coefficient (Wildman–Crippen LogP) is 3.61. The van der Waals surface area contributed by atoms with E-state index in [9.17, 15) is 14.7 Å². The zero-order valence-corrected chi connectivity index (χ0v) is 20.1. The van der Waals surface area contributed by atoms with Gasteiger partial charge in [0.15, 0.2) is 17.2 Å². The molecule has 0 radical (unpaired) electrons. The van der Waals surface area contributed by atoms with Gasteiger partial charge in [-0.1, -0.05) is 31.2 Å². The highest BCUT2D eigenvalue weighted by Gasteiger charge is 2.24. The number of rotatable bonds is 11. The molecule has 0 saturated carbocycles. The number of aromatic hydroxyl groups is 2. The molecular formula is C25H34N2O7. The first-order valence-electron chi connectivity index (χ1n) is 10.9. The number of benzene rings is 1. The number of phenolic OH excluding ortho intramolecular Hbond substituents is 1. The minimum absolute atomic E-state index is 0.113. The molecule has 0 bridgehead atoms. The van der Waals surface area contributed by atoms with E-state index in [1.54, 1.807) is 37.3 Å². The molecule has 0 aliphatic carbocycles. The van der Waals surface area contributed by atoms with Gasteiger partial charge in [0.25, 0.3) is 5.91 Å². The molecule has 3 atom stereocenters. The van der Waals surface area contributed by atoms with E-state index in [0.29, 0.717) is 18.8 Å². The van der Waals surface area contributed by atoms with E-state index in [1.165, 1.54) is 26.3 Å². The van der Waals surface area contributed by atoms with E-state index in [1.807, 2.05) is 13.0 Å². The van der Waals surface area contributed by atoms with Crippen LogP contribution in [0, 0.1) is 0 Å². The number of hydrogen-bond donors (Lipinski definition) is 3. The number of methoxy groups -OCH3 is 1. The molecule has 9 heteroatoms. The zero-order chi connectivity index (χ0) is 25.5. The lowest BCUT2D eigenvalue weighted by atomic mass is 10.1. The number of hydrogen-bond acceptors (Lipinski definition) is 8. The largest absolute Gasteiger partial charge is 0.508 e. The number of aromatic nitrogens is 1. The van der Waals surface area contributed by atoms with Gasteiger partial charge >= 0.3 is 5.97 Å². The quantitative estimate of drug-likeness (QED) is 0.333. The van der Waals surface area contributed by atoms with Gasteiger partial charge in [0, 0.05) is 25.3 Å².